The molecule has 0 aromatic heterocycles. The molecule has 130 valence electrons. The third-order valence-electron chi connectivity index (χ3n) is 2.91. The Hall–Kier alpha value is -2.95. The predicted octanol–water partition coefficient (Wildman–Crippen LogP) is 4.68. The van der Waals surface area contributed by atoms with Gasteiger partial charge in [-0.05, 0) is 48.5 Å². The lowest BCUT2D eigenvalue weighted by Gasteiger charge is -2.06. The van der Waals surface area contributed by atoms with Gasteiger partial charge in [-0.15, -0.1) is 0 Å². The first-order chi connectivity index (χ1) is 11.6. The molecule has 25 heavy (non-hydrogen) atoms. The van der Waals surface area contributed by atoms with Crippen LogP contribution in [-0.4, -0.2) is 5.97 Å². The monoisotopic (exact) mass is 358 g/mol. The van der Waals surface area contributed by atoms with Crippen molar-refractivity contribution in [3.63, 3.8) is 0 Å². The number of carbonyl (C=O) groups excluding carboxylic acids is 1. The van der Waals surface area contributed by atoms with Crippen molar-refractivity contribution in [2.24, 2.45) is 0 Å². The van der Waals surface area contributed by atoms with Crippen LogP contribution in [-0.2, 0) is 17.1 Å². The third-order valence-corrected chi connectivity index (χ3v) is 2.91. The van der Waals surface area contributed by atoms with Gasteiger partial charge in [-0.25, -0.2) is 4.79 Å². The van der Waals surface area contributed by atoms with E-state index in [4.69, 9.17) is 4.74 Å². The van der Waals surface area contributed by atoms with Crippen LogP contribution in [0.2, 0.25) is 0 Å². The van der Waals surface area contributed by atoms with Gasteiger partial charge in [0.25, 0.3) is 0 Å². The van der Waals surface area contributed by atoms with E-state index in [1.165, 1.54) is 0 Å². The summed E-state index contributed by atoms with van der Waals surface area (Å²) in [6, 6.07) is 7.19. The van der Waals surface area contributed by atoms with Crippen molar-refractivity contribution in [2.75, 3.05) is 0 Å². The van der Waals surface area contributed by atoms with E-state index in [0.717, 1.165) is 48.5 Å². The lowest BCUT2D eigenvalue weighted by atomic mass is 10.1. The Kier molecular flexibility index (Phi) is 5.07. The topological polar surface area (TPSA) is 26.3 Å². The van der Waals surface area contributed by atoms with Crippen molar-refractivity contribution >= 4 is 5.97 Å². The first-order valence-corrected chi connectivity index (χ1v) is 6.64. The molecule has 0 fully saturated rings. The van der Waals surface area contributed by atoms with E-state index in [9.17, 15) is 31.1 Å². The molecular weight excluding hydrogens is 350 g/mol. The van der Waals surface area contributed by atoms with Gasteiger partial charge in [0, 0.05) is 11.5 Å². The highest BCUT2D eigenvalue weighted by Gasteiger charge is 2.30. The summed E-state index contributed by atoms with van der Waals surface area (Å²) in [6.45, 7) is 0. The van der Waals surface area contributed by atoms with Gasteiger partial charge < -0.3 is 4.74 Å². The zero-order chi connectivity index (χ0) is 18.7. The molecular formula is C17H8F6O2. The van der Waals surface area contributed by atoms with E-state index in [1.54, 1.807) is 0 Å². The molecule has 2 nitrogen and oxygen atoms in total. The number of esters is 1. The smallest absolute Gasteiger partial charge is 0.416 e. The maximum atomic E-state index is 12.4. The fourth-order valence-corrected chi connectivity index (χ4v) is 1.71. The second-order valence-electron chi connectivity index (χ2n) is 4.74. The first kappa shape index (κ1) is 18.4. The van der Waals surface area contributed by atoms with Crippen LogP contribution in [0.25, 0.3) is 0 Å². The highest BCUT2D eigenvalue weighted by atomic mass is 19.4. The van der Waals surface area contributed by atoms with E-state index < -0.39 is 29.4 Å². The molecule has 0 saturated heterocycles. The molecule has 0 radical (unpaired) electrons. The molecule has 0 aliphatic heterocycles. The van der Waals surface area contributed by atoms with Crippen LogP contribution < -0.4 is 4.74 Å². The fraction of sp³-hybridized carbons (Fsp3) is 0.118. The molecule has 0 atom stereocenters. The fourth-order valence-electron chi connectivity index (χ4n) is 1.71. The average Bonchev–Trinajstić information content (AvgIpc) is 2.52. The van der Waals surface area contributed by atoms with Crippen molar-refractivity contribution in [3.8, 4) is 17.6 Å². The largest absolute Gasteiger partial charge is 0.417 e. The molecule has 0 aliphatic rings. The molecule has 0 aliphatic carbocycles. The highest BCUT2D eigenvalue weighted by molar-refractivity contribution is 5.90. The van der Waals surface area contributed by atoms with Crippen LogP contribution in [0.3, 0.4) is 0 Å². The Morgan fingerprint density at radius 2 is 1.20 bits per heavy atom. The van der Waals surface area contributed by atoms with E-state index in [2.05, 4.69) is 5.92 Å². The van der Waals surface area contributed by atoms with Gasteiger partial charge in [-0.1, -0.05) is 5.92 Å². The maximum absolute atomic E-state index is 12.4. The summed E-state index contributed by atoms with van der Waals surface area (Å²) >= 11 is 0. The molecule has 0 saturated carbocycles. The number of hydrogen-bond acceptors (Lipinski definition) is 2. The first-order valence-electron chi connectivity index (χ1n) is 6.64. The van der Waals surface area contributed by atoms with Crippen LogP contribution in [0.5, 0.6) is 5.75 Å². The Balaban J connectivity index is 2.02. The second kappa shape index (κ2) is 6.89. The molecule has 0 heterocycles. The molecule has 0 spiro atoms. The number of hydrogen-bond donors (Lipinski definition) is 0. The standard InChI is InChI=1S/C17H8F6O2/c18-16(19,20)12-4-1-11(2-5-12)3-10-15(24)25-14-8-6-13(7-9-14)17(21,22)23/h1-2,4-9H. The quantitative estimate of drug-likeness (QED) is 0.320. The number of ether oxygens (including phenoxy) is 1. The molecule has 0 unspecified atom stereocenters. The lowest BCUT2D eigenvalue weighted by Crippen LogP contribution is -2.07. The Bertz CT molecular complexity index is 806. The Morgan fingerprint density at radius 3 is 1.64 bits per heavy atom. The van der Waals surface area contributed by atoms with E-state index in [0.29, 0.717) is 0 Å². The van der Waals surface area contributed by atoms with Crippen LogP contribution >= 0.6 is 0 Å². The minimum Gasteiger partial charge on any atom is -0.417 e. The van der Waals surface area contributed by atoms with Crippen LogP contribution in [0.4, 0.5) is 26.3 Å². The predicted molar refractivity (Wildman–Crippen MR) is 75.4 cm³/mol. The molecule has 0 amide bonds. The molecule has 8 heteroatoms. The van der Waals surface area contributed by atoms with Gasteiger partial charge in [0.1, 0.15) is 5.75 Å². The maximum Gasteiger partial charge on any atom is 0.416 e. The van der Waals surface area contributed by atoms with Crippen LogP contribution in [0.1, 0.15) is 16.7 Å². The van der Waals surface area contributed by atoms with E-state index >= 15 is 0 Å². The number of carbonyl (C=O) groups is 1. The number of benzene rings is 2. The van der Waals surface area contributed by atoms with Gasteiger partial charge in [0.2, 0.25) is 0 Å². The van der Waals surface area contributed by atoms with Gasteiger partial charge in [-0.2, -0.15) is 26.3 Å². The SMILES string of the molecule is O=C(C#Cc1ccc(C(F)(F)F)cc1)Oc1ccc(C(F)(F)F)cc1. The average molecular weight is 358 g/mol. The minimum absolute atomic E-state index is 0.139. The summed E-state index contributed by atoms with van der Waals surface area (Å²) in [6.07, 6.45) is -8.99. The van der Waals surface area contributed by atoms with Crippen molar-refractivity contribution in [1.29, 1.82) is 0 Å². The van der Waals surface area contributed by atoms with Gasteiger partial charge >= 0.3 is 18.3 Å². The minimum atomic E-state index is -4.51. The summed E-state index contributed by atoms with van der Waals surface area (Å²) in [7, 11) is 0. The van der Waals surface area contributed by atoms with Crippen molar-refractivity contribution < 1.29 is 35.9 Å². The highest BCUT2D eigenvalue weighted by Crippen LogP contribution is 2.30. The summed E-state index contributed by atoms with van der Waals surface area (Å²) < 4.78 is 79.1. The Labute approximate surface area is 138 Å². The zero-order valence-corrected chi connectivity index (χ0v) is 12.2. The van der Waals surface area contributed by atoms with Crippen molar-refractivity contribution in [3.05, 3.63) is 65.2 Å². The lowest BCUT2D eigenvalue weighted by molar-refractivity contribution is -0.138. The van der Waals surface area contributed by atoms with Crippen LogP contribution in [0.15, 0.2) is 48.5 Å². The van der Waals surface area contributed by atoms with Gasteiger partial charge in [0.15, 0.2) is 0 Å². The van der Waals surface area contributed by atoms with Crippen LogP contribution in [0, 0.1) is 11.8 Å². The molecule has 2 aromatic carbocycles. The second-order valence-corrected chi connectivity index (χ2v) is 4.74. The van der Waals surface area contributed by atoms with Crippen molar-refractivity contribution in [1.82, 2.24) is 0 Å². The summed E-state index contributed by atoms with van der Waals surface area (Å²) in [5.74, 6) is 3.15. The molecule has 2 rings (SSSR count). The molecule has 2 aromatic rings. The zero-order valence-electron chi connectivity index (χ0n) is 12.2. The van der Waals surface area contributed by atoms with Gasteiger partial charge in [-0.3, -0.25) is 0 Å². The van der Waals surface area contributed by atoms with E-state index in [1.807, 2.05) is 5.92 Å². The number of alkyl halides is 6. The summed E-state index contributed by atoms with van der Waals surface area (Å²) in [5, 5.41) is 0. The number of halogens is 6. The van der Waals surface area contributed by atoms with Crippen molar-refractivity contribution in [2.45, 2.75) is 12.4 Å². The van der Waals surface area contributed by atoms with E-state index in [-0.39, 0.29) is 11.3 Å². The third kappa shape index (κ3) is 5.28. The summed E-state index contributed by atoms with van der Waals surface area (Å²) in [4.78, 5) is 11.5. The molecule has 0 bridgehead atoms. The van der Waals surface area contributed by atoms with Gasteiger partial charge in [0.05, 0.1) is 11.1 Å². The number of rotatable bonds is 1. The summed E-state index contributed by atoms with van der Waals surface area (Å²) in [5.41, 5.74) is -1.61. The molecule has 0 N–H and O–H groups in total. The normalized spacial score (nSPS) is 11.4. The Morgan fingerprint density at radius 1 is 0.760 bits per heavy atom.